The third kappa shape index (κ3) is 11.8. The van der Waals surface area contributed by atoms with Gasteiger partial charge in [0.15, 0.2) is 0 Å². The second-order valence-electron chi connectivity index (χ2n) is 10.3. The van der Waals surface area contributed by atoms with Crippen molar-refractivity contribution in [3.05, 3.63) is 42.5 Å². The molecule has 2 aromatic carbocycles. The maximum absolute atomic E-state index is 10.6. The number of hydrogen-bond donors (Lipinski definition) is 2. The van der Waals surface area contributed by atoms with E-state index in [-0.39, 0.29) is 11.5 Å². The monoisotopic (exact) mass is 570 g/mol. The molecule has 0 aliphatic carbocycles. The zero-order chi connectivity index (χ0) is 27.5. The molecule has 1 heterocycles. The highest BCUT2D eigenvalue weighted by Gasteiger charge is 2.15. The van der Waals surface area contributed by atoms with Gasteiger partial charge in [-0.05, 0) is 58.6 Å². The summed E-state index contributed by atoms with van der Waals surface area (Å²) < 4.78 is 1.61. The van der Waals surface area contributed by atoms with Gasteiger partial charge in [-0.25, -0.2) is 0 Å². The molecule has 0 atom stereocenters. The molecular formula is C31H46N4O2S2. The van der Waals surface area contributed by atoms with Crippen molar-refractivity contribution in [3.63, 3.8) is 0 Å². The molecule has 3 aromatic rings. The highest BCUT2D eigenvalue weighted by Crippen LogP contribution is 2.41. The topological polar surface area (TPSA) is 84.1 Å². The van der Waals surface area contributed by atoms with E-state index in [1.165, 1.54) is 108 Å². The molecular weight excluding hydrogens is 525 g/mol. The largest absolute Gasteiger partial charge is 0.507 e. The summed E-state index contributed by atoms with van der Waals surface area (Å²) in [4.78, 5) is 1.23. The molecule has 1 aromatic heterocycles. The summed E-state index contributed by atoms with van der Waals surface area (Å²) in [6, 6.07) is 12.8. The lowest BCUT2D eigenvalue weighted by Gasteiger charge is -2.10. The third-order valence-electron chi connectivity index (χ3n) is 6.94. The Morgan fingerprint density at radius 1 is 0.667 bits per heavy atom. The molecule has 39 heavy (non-hydrogen) atoms. The number of para-hydroxylation sites is 1. The summed E-state index contributed by atoms with van der Waals surface area (Å²) in [5, 5.41) is 33.6. The minimum Gasteiger partial charge on any atom is -0.507 e. The molecule has 0 aliphatic heterocycles. The van der Waals surface area contributed by atoms with E-state index in [4.69, 9.17) is 0 Å². The fraction of sp³-hybridized carbons (Fsp3) is 0.581. The van der Waals surface area contributed by atoms with E-state index >= 15 is 0 Å². The molecule has 3 rings (SSSR count). The van der Waals surface area contributed by atoms with Crippen LogP contribution < -0.4 is 0 Å². The number of aromatic nitrogens is 4. The molecule has 0 radical (unpaired) electrons. The molecule has 0 fully saturated rings. The number of rotatable bonds is 21. The van der Waals surface area contributed by atoms with Crippen LogP contribution in [0.1, 0.15) is 110 Å². The minimum absolute atomic E-state index is 0.120. The summed E-state index contributed by atoms with van der Waals surface area (Å²) in [7, 11) is 0. The Bertz CT molecular complexity index is 1060. The van der Waals surface area contributed by atoms with Gasteiger partial charge in [0.1, 0.15) is 11.5 Å². The number of tetrazole rings is 1. The van der Waals surface area contributed by atoms with Crippen LogP contribution in [-0.2, 0) is 0 Å². The first-order chi connectivity index (χ1) is 19.2. The summed E-state index contributed by atoms with van der Waals surface area (Å²) in [5.74, 6) is 1.23. The number of nitrogens with zero attached hydrogens (tertiary/aromatic N) is 4. The first-order valence-electron chi connectivity index (χ1n) is 14.9. The van der Waals surface area contributed by atoms with Gasteiger partial charge in [0.2, 0.25) is 5.16 Å². The van der Waals surface area contributed by atoms with Gasteiger partial charge in [-0.2, -0.15) is 4.68 Å². The van der Waals surface area contributed by atoms with Crippen LogP contribution in [0.2, 0.25) is 0 Å². The number of unbranched alkanes of at least 4 members (excludes halogenated alkanes) is 15. The maximum atomic E-state index is 10.6. The molecule has 0 bridgehead atoms. The van der Waals surface area contributed by atoms with E-state index in [9.17, 15) is 10.2 Å². The van der Waals surface area contributed by atoms with Gasteiger partial charge in [-0.15, -0.1) is 16.9 Å². The third-order valence-corrected chi connectivity index (χ3v) is 9.05. The Labute approximate surface area is 243 Å². The van der Waals surface area contributed by atoms with E-state index in [1.807, 2.05) is 30.3 Å². The van der Waals surface area contributed by atoms with Gasteiger partial charge in [-0.1, -0.05) is 121 Å². The number of aromatic hydroxyl groups is 2. The Balaban J connectivity index is 1.25. The Hall–Kier alpha value is -2.19. The van der Waals surface area contributed by atoms with Crippen molar-refractivity contribution in [2.45, 2.75) is 125 Å². The molecule has 6 nitrogen and oxygen atoms in total. The first kappa shape index (κ1) is 31.3. The van der Waals surface area contributed by atoms with Gasteiger partial charge in [0.25, 0.3) is 0 Å². The minimum atomic E-state index is 0.120. The van der Waals surface area contributed by atoms with E-state index in [0.717, 1.165) is 17.9 Å². The Kier molecular flexibility index (Phi) is 15.3. The number of phenols is 2. The highest BCUT2D eigenvalue weighted by molar-refractivity contribution is 7.99. The number of phenolic OH excluding ortho intramolecular Hbond substituents is 2. The number of benzene rings is 2. The van der Waals surface area contributed by atoms with Crippen LogP contribution in [0.25, 0.3) is 5.69 Å². The van der Waals surface area contributed by atoms with E-state index < -0.39 is 0 Å². The summed E-state index contributed by atoms with van der Waals surface area (Å²) in [6.07, 6.45) is 21.8. The van der Waals surface area contributed by atoms with Crippen LogP contribution in [0, 0.1) is 0 Å². The summed E-state index contributed by atoms with van der Waals surface area (Å²) >= 11 is 2.82. The van der Waals surface area contributed by atoms with E-state index in [1.54, 1.807) is 28.6 Å². The lowest BCUT2D eigenvalue weighted by atomic mass is 10.0. The van der Waals surface area contributed by atoms with Crippen molar-refractivity contribution in [1.82, 2.24) is 20.2 Å². The SMILES string of the molecule is CCCCCCCCCCCCCCCCCCSc1cc(O)c(Sc2nnnn2-c2ccccc2)cc1O. The Morgan fingerprint density at radius 2 is 1.18 bits per heavy atom. The van der Waals surface area contributed by atoms with Crippen molar-refractivity contribution in [1.29, 1.82) is 0 Å². The van der Waals surface area contributed by atoms with Crippen LogP contribution in [0.5, 0.6) is 11.5 Å². The quantitative estimate of drug-likeness (QED) is 0.0749. The Morgan fingerprint density at radius 3 is 1.77 bits per heavy atom. The van der Waals surface area contributed by atoms with Gasteiger partial charge in [0.05, 0.1) is 15.5 Å². The van der Waals surface area contributed by atoms with Crippen LogP contribution in [0.15, 0.2) is 57.4 Å². The van der Waals surface area contributed by atoms with Crippen LogP contribution >= 0.6 is 23.5 Å². The average Bonchev–Trinajstić information content (AvgIpc) is 3.41. The maximum Gasteiger partial charge on any atom is 0.219 e. The lowest BCUT2D eigenvalue weighted by molar-refractivity contribution is 0.438. The van der Waals surface area contributed by atoms with Gasteiger partial charge in [-0.3, -0.25) is 0 Å². The molecule has 0 aliphatic rings. The summed E-state index contributed by atoms with van der Waals surface area (Å²) in [5.41, 5.74) is 0.833. The predicted molar refractivity (Wildman–Crippen MR) is 163 cm³/mol. The normalized spacial score (nSPS) is 11.3. The second kappa shape index (κ2) is 19.0. The molecule has 0 saturated carbocycles. The standard InChI is InChI=1S/C31H46N4O2S2/c1-2-3-4-5-6-7-8-9-10-11-12-13-14-15-16-20-23-38-29-24-28(37)30(25-27(29)36)39-31-32-33-34-35(31)26-21-18-17-19-22-26/h17-19,21-22,24-25,36-37H,2-16,20,23H2,1H3. The molecule has 0 saturated heterocycles. The fourth-order valence-electron chi connectivity index (χ4n) is 4.64. The smallest absolute Gasteiger partial charge is 0.219 e. The zero-order valence-electron chi connectivity index (χ0n) is 23.6. The van der Waals surface area contributed by atoms with Crippen LogP contribution in [0.4, 0.5) is 0 Å². The highest BCUT2D eigenvalue weighted by atomic mass is 32.2. The van der Waals surface area contributed by atoms with E-state index in [2.05, 4.69) is 22.4 Å². The lowest BCUT2D eigenvalue weighted by Crippen LogP contribution is -1.98. The predicted octanol–water partition coefficient (Wildman–Crippen LogP) is 9.58. The average molecular weight is 571 g/mol. The summed E-state index contributed by atoms with van der Waals surface area (Å²) in [6.45, 7) is 2.28. The first-order valence-corrected chi connectivity index (χ1v) is 16.7. The van der Waals surface area contributed by atoms with Gasteiger partial charge in [0, 0.05) is 0 Å². The number of hydrogen-bond acceptors (Lipinski definition) is 7. The van der Waals surface area contributed by atoms with Crippen LogP contribution in [0.3, 0.4) is 0 Å². The van der Waals surface area contributed by atoms with Crippen LogP contribution in [-0.4, -0.2) is 36.2 Å². The van der Waals surface area contributed by atoms with Crippen molar-refractivity contribution in [3.8, 4) is 17.2 Å². The molecule has 8 heteroatoms. The molecule has 0 amide bonds. The molecule has 0 spiro atoms. The van der Waals surface area contributed by atoms with Gasteiger partial charge >= 0.3 is 0 Å². The molecule has 214 valence electrons. The van der Waals surface area contributed by atoms with Gasteiger partial charge < -0.3 is 10.2 Å². The second-order valence-corrected chi connectivity index (χ2v) is 12.4. The van der Waals surface area contributed by atoms with Crippen molar-refractivity contribution >= 4 is 23.5 Å². The van der Waals surface area contributed by atoms with Crippen molar-refractivity contribution in [2.24, 2.45) is 0 Å². The zero-order valence-corrected chi connectivity index (χ0v) is 25.2. The number of thioether (sulfide) groups is 1. The van der Waals surface area contributed by atoms with E-state index in [0.29, 0.717) is 14.9 Å². The van der Waals surface area contributed by atoms with Crippen molar-refractivity contribution in [2.75, 3.05) is 5.75 Å². The molecule has 2 N–H and O–H groups in total. The fourth-order valence-corrected chi connectivity index (χ4v) is 6.45. The van der Waals surface area contributed by atoms with Crippen molar-refractivity contribution < 1.29 is 10.2 Å². The molecule has 0 unspecified atom stereocenters.